The molecule has 1 aliphatic heterocycles. The molecule has 13 rings (SSSR count). The van der Waals surface area contributed by atoms with E-state index in [1.165, 1.54) is 106 Å². The number of hydrogen-bond acceptors (Lipinski definition) is 3. The molecule has 0 radical (unpaired) electrons. The van der Waals surface area contributed by atoms with E-state index in [2.05, 4.69) is 241 Å². The second-order valence-corrected chi connectivity index (χ2v) is 18.0. The maximum Gasteiger partial charge on any atom is 0.0732 e. The quantitative estimate of drug-likeness (QED) is 0.165. The van der Waals surface area contributed by atoms with Gasteiger partial charge in [0.2, 0.25) is 0 Å². The minimum Gasteiger partial charge on any atom is -0.338 e. The van der Waals surface area contributed by atoms with E-state index < -0.39 is 0 Å². The standard InChI is InChI=1S/C61H45N3/c1-61(2)54-29-14-13-25-51(54)59-53(50-27-16-30-57-60(50)63(43-21-7-4-8-22-43)36-35-62(57)42-19-5-3-6-20-42)38-45(39-55(59)61)64(44-32-31-40-17-9-10-18-41(40)37-44)56-34-33-49-47-24-12-11-23-46(47)48-26-15-28-52(56)58(48)49/h3-34,37-39H,35-36H2,1-2H3. The van der Waals surface area contributed by atoms with Crippen molar-refractivity contribution in [3.8, 4) is 44.5 Å². The minimum absolute atomic E-state index is 0.251. The SMILES string of the molecule is CC1(C)c2ccccc2-c2c(-c3cccc4c3N(c3ccccc3)CCN4c3ccccc3)cc(N(c3ccc4ccccc4c3)c3ccc4c5c(cccc35)-c3ccccc3-4)cc21. The van der Waals surface area contributed by atoms with Gasteiger partial charge in [-0.05, 0) is 127 Å². The predicted octanol–water partition coefficient (Wildman–Crippen LogP) is 16.4. The molecule has 2 aliphatic carbocycles. The van der Waals surface area contributed by atoms with Gasteiger partial charge >= 0.3 is 0 Å². The van der Waals surface area contributed by atoms with Crippen LogP contribution in [-0.4, -0.2) is 13.1 Å². The predicted molar refractivity (Wildman–Crippen MR) is 270 cm³/mol. The number of nitrogens with zero attached hydrogens (tertiary/aromatic N) is 3. The topological polar surface area (TPSA) is 9.72 Å². The number of rotatable bonds is 6. The molecule has 3 nitrogen and oxygen atoms in total. The van der Waals surface area contributed by atoms with Crippen molar-refractivity contribution in [1.82, 2.24) is 0 Å². The number of benzene rings is 10. The number of hydrogen-bond donors (Lipinski definition) is 0. The summed E-state index contributed by atoms with van der Waals surface area (Å²) in [7, 11) is 0. The van der Waals surface area contributed by atoms with Crippen LogP contribution in [0, 0.1) is 0 Å². The molecule has 0 N–H and O–H groups in total. The second kappa shape index (κ2) is 14.1. The summed E-state index contributed by atoms with van der Waals surface area (Å²) >= 11 is 0. The van der Waals surface area contributed by atoms with Gasteiger partial charge in [0.25, 0.3) is 0 Å². The van der Waals surface area contributed by atoms with Gasteiger partial charge in [-0.1, -0.05) is 166 Å². The van der Waals surface area contributed by atoms with Crippen LogP contribution in [0.1, 0.15) is 25.0 Å². The van der Waals surface area contributed by atoms with Gasteiger partial charge in [0, 0.05) is 52.2 Å². The van der Waals surface area contributed by atoms with Crippen molar-refractivity contribution >= 4 is 61.4 Å². The number of fused-ring (bicyclic) bond motifs is 8. The molecule has 10 aromatic carbocycles. The summed E-state index contributed by atoms with van der Waals surface area (Å²) in [6.07, 6.45) is 0. The lowest BCUT2D eigenvalue weighted by atomic mass is 9.81. The largest absolute Gasteiger partial charge is 0.338 e. The number of para-hydroxylation sites is 3. The molecule has 0 saturated carbocycles. The first-order valence-electron chi connectivity index (χ1n) is 22.5. The Hall–Kier alpha value is -7.88. The Balaban J connectivity index is 1.12. The zero-order valence-electron chi connectivity index (χ0n) is 36.0. The first kappa shape index (κ1) is 36.7. The Morgan fingerprint density at radius 1 is 0.406 bits per heavy atom. The van der Waals surface area contributed by atoms with Crippen molar-refractivity contribution < 1.29 is 0 Å². The monoisotopic (exact) mass is 819 g/mol. The van der Waals surface area contributed by atoms with Crippen molar-refractivity contribution in [3.63, 3.8) is 0 Å². The van der Waals surface area contributed by atoms with Gasteiger partial charge in [-0.25, -0.2) is 0 Å². The molecule has 64 heavy (non-hydrogen) atoms. The van der Waals surface area contributed by atoms with E-state index in [0.717, 1.165) is 24.5 Å². The van der Waals surface area contributed by atoms with Crippen LogP contribution in [-0.2, 0) is 5.41 Å². The summed E-state index contributed by atoms with van der Waals surface area (Å²) in [4.78, 5) is 7.60. The first-order chi connectivity index (χ1) is 31.5. The third-order valence-corrected chi connectivity index (χ3v) is 14.2. The van der Waals surface area contributed by atoms with Crippen molar-refractivity contribution in [2.45, 2.75) is 19.3 Å². The Morgan fingerprint density at radius 2 is 1.02 bits per heavy atom. The van der Waals surface area contributed by atoms with Gasteiger partial charge in [0.1, 0.15) is 0 Å². The van der Waals surface area contributed by atoms with Crippen LogP contribution in [0.2, 0.25) is 0 Å². The smallest absolute Gasteiger partial charge is 0.0732 e. The van der Waals surface area contributed by atoms with E-state index in [9.17, 15) is 0 Å². The van der Waals surface area contributed by atoms with Crippen LogP contribution in [0.25, 0.3) is 66.1 Å². The molecule has 0 atom stereocenters. The Labute approximate surface area is 374 Å². The molecule has 0 saturated heterocycles. The molecule has 3 aliphatic rings. The summed E-state index contributed by atoms with van der Waals surface area (Å²) in [5.74, 6) is 0. The van der Waals surface area contributed by atoms with E-state index in [4.69, 9.17) is 0 Å². The molecular weight excluding hydrogens is 775 g/mol. The zero-order chi connectivity index (χ0) is 42.5. The third kappa shape index (κ3) is 5.40. The van der Waals surface area contributed by atoms with Crippen molar-refractivity contribution in [2.75, 3.05) is 27.8 Å². The van der Waals surface area contributed by atoms with Crippen LogP contribution < -0.4 is 14.7 Å². The molecule has 0 bridgehead atoms. The van der Waals surface area contributed by atoms with Gasteiger partial charge in [0.05, 0.1) is 17.1 Å². The number of anilines is 7. The lowest BCUT2D eigenvalue weighted by Crippen LogP contribution is -2.36. The van der Waals surface area contributed by atoms with E-state index in [1.807, 2.05) is 0 Å². The fraction of sp³-hybridized carbons (Fsp3) is 0.0820. The third-order valence-electron chi connectivity index (χ3n) is 14.2. The Kier molecular flexibility index (Phi) is 8.08. The van der Waals surface area contributed by atoms with Crippen molar-refractivity contribution in [3.05, 3.63) is 223 Å². The van der Waals surface area contributed by atoms with Crippen LogP contribution in [0.3, 0.4) is 0 Å². The van der Waals surface area contributed by atoms with E-state index in [0.29, 0.717) is 0 Å². The molecule has 0 fully saturated rings. The van der Waals surface area contributed by atoms with Gasteiger partial charge < -0.3 is 14.7 Å². The molecule has 10 aromatic rings. The lowest BCUT2D eigenvalue weighted by molar-refractivity contribution is 0.660. The van der Waals surface area contributed by atoms with Gasteiger partial charge in [-0.3, -0.25) is 0 Å². The molecular formula is C61H45N3. The van der Waals surface area contributed by atoms with Crippen LogP contribution in [0.4, 0.5) is 39.8 Å². The highest BCUT2D eigenvalue weighted by molar-refractivity contribution is 6.19. The van der Waals surface area contributed by atoms with Crippen molar-refractivity contribution in [1.29, 1.82) is 0 Å². The molecule has 0 amide bonds. The van der Waals surface area contributed by atoms with Gasteiger partial charge in [-0.15, -0.1) is 0 Å². The van der Waals surface area contributed by atoms with Crippen LogP contribution in [0.5, 0.6) is 0 Å². The zero-order valence-corrected chi connectivity index (χ0v) is 36.0. The van der Waals surface area contributed by atoms with Crippen LogP contribution in [0.15, 0.2) is 212 Å². The average Bonchev–Trinajstić information content (AvgIpc) is 3.80. The van der Waals surface area contributed by atoms with E-state index in [1.54, 1.807) is 0 Å². The molecule has 0 unspecified atom stereocenters. The molecule has 1 heterocycles. The Morgan fingerprint density at radius 3 is 1.80 bits per heavy atom. The van der Waals surface area contributed by atoms with Crippen molar-refractivity contribution in [2.24, 2.45) is 0 Å². The van der Waals surface area contributed by atoms with E-state index >= 15 is 0 Å². The summed E-state index contributed by atoms with van der Waals surface area (Å²) in [6.45, 7) is 6.54. The summed E-state index contributed by atoms with van der Waals surface area (Å²) in [5.41, 5.74) is 21.0. The van der Waals surface area contributed by atoms with Gasteiger partial charge in [-0.2, -0.15) is 0 Å². The molecule has 304 valence electrons. The molecule has 3 heteroatoms. The Bertz CT molecular complexity index is 3470. The summed E-state index contributed by atoms with van der Waals surface area (Å²) in [6, 6.07) is 79.1. The highest BCUT2D eigenvalue weighted by Gasteiger charge is 2.39. The van der Waals surface area contributed by atoms with Crippen LogP contribution >= 0.6 is 0 Å². The summed E-state index contributed by atoms with van der Waals surface area (Å²) in [5, 5.41) is 5.01. The average molecular weight is 820 g/mol. The maximum absolute atomic E-state index is 2.55. The van der Waals surface area contributed by atoms with Gasteiger partial charge in [0.15, 0.2) is 0 Å². The highest BCUT2D eigenvalue weighted by atomic mass is 15.3. The highest BCUT2D eigenvalue weighted by Crippen LogP contribution is 2.58. The second-order valence-electron chi connectivity index (χ2n) is 18.0. The van der Waals surface area contributed by atoms with E-state index in [-0.39, 0.29) is 5.41 Å². The molecule has 0 aromatic heterocycles. The molecule has 0 spiro atoms. The summed E-state index contributed by atoms with van der Waals surface area (Å²) < 4.78 is 0. The fourth-order valence-electron chi connectivity index (χ4n) is 11.3. The first-order valence-corrected chi connectivity index (χ1v) is 22.5. The lowest BCUT2D eigenvalue weighted by Gasteiger charge is -2.40. The minimum atomic E-state index is -0.251. The maximum atomic E-state index is 2.55. The fourth-order valence-corrected chi connectivity index (χ4v) is 11.3. The normalized spacial score (nSPS) is 14.0.